The second-order valence-corrected chi connectivity index (χ2v) is 6.03. The molecule has 0 aromatic heterocycles. The predicted octanol–water partition coefficient (Wildman–Crippen LogP) is 2.03. The van der Waals surface area contributed by atoms with E-state index in [1.807, 2.05) is 4.90 Å². The van der Waals surface area contributed by atoms with Crippen LogP contribution in [0.3, 0.4) is 0 Å². The van der Waals surface area contributed by atoms with E-state index in [1.165, 1.54) is 7.11 Å². The molecule has 1 saturated heterocycles. The molecule has 0 atom stereocenters. The summed E-state index contributed by atoms with van der Waals surface area (Å²) in [6, 6.07) is 5.15. The molecule has 21 heavy (non-hydrogen) atoms. The first-order valence-corrected chi connectivity index (χ1v) is 7.72. The topological polar surface area (TPSA) is 49.9 Å². The van der Waals surface area contributed by atoms with Crippen LogP contribution in [-0.2, 0) is 9.53 Å². The summed E-state index contributed by atoms with van der Waals surface area (Å²) in [5.74, 6) is -0.276. The molecular weight excluding hydrogens is 360 g/mol. The molecule has 0 spiro atoms. The average Bonchev–Trinajstić information content (AvgIpc) is 2.50. The number of nitrogens with zero attached hydrogens (tertiary/aromatic N) is 2. The summed E-state index contributed by atoms with van der Waals surface area (Å²) < 4.78 is 5.35. The maximum atomic E-state index is 12.4. The number of benzene rings is 1. The normalized spacial score (nSPS) is 15.9. The van der Waals surface area contributed by atoms with E-state index in [1.54, 1.807) is 23.1 Å². The number of piperazine rings is 1. The Bertz CT molecular complexity index is 545. The van der Waals surface area contributed by atoms with E-state index >= 15 is 0 Å². The molecule has 0 aliphatic carbocycles. The number of methoxy groups -OCH3 is 1. The van der Waals surface area contributed by atoms with Crippen molar-refractivity contribution >= 4 is 39.4 Å². The van der Waals surface area contributed by atoms with Gasteiger partial charge in [-0.3, -0.25) is 14.5 Å². The zero-order valence-corrected chi connectivity index (χ0v) is 14.0. The molecule has 114 valence electrons. The number of carbonyl (C=O) groups excluding carboxylic acids is 2. The Morgan fingerprint density at radius 3 is 2.52 bits per heavy atom. The smallest absolute Gasteiger partial charge is 0.319 e. The second-order valence-electron chi connectivity index (χ2n) is 4.77. The first-order chi connectivity index (χ1) is 10.0. The van der Waals surface area contributed by atoms with Crippen LogP contribution in [0.4, 0.5) is 0 Å². The largest absolute Gasteiger partial charge is 0.468 e. The molecule has 0 unspecified atom stereocenters. The molecule has 0 bridgehead atoms. The van der Waals surface area contributed by atoms with Crippen molar-refractivity contribution in [2.24, 2.45) is 0 Å². The van der Waals surface area contributed by atoms with Crippen LogP contribution >= 0.6 is 27.5 Å². The predicted molar refractivity (Wildman–Crippen MR) is 83.5 cm³/mol. The quantitative estimate of drug-likeness (QED) is 0.759. The van der Waals surface area contributed by atoms with Gasteiger partial charge in [-0.25, -0.2) is 0 Å². The van der Waals surface area contributed by atoms with Gasteiger partial charge in [-0.1, -0.05) is 11.6 Å². The lowest BCUT2D eigenvalue weighted by molar-refractivity contribution is -0.142. The highest BCUT2D eigenvalue weighted by atomic mass is 79.9. The molecule has 1 aromatic carbocycles. The Morgan fingerprint density at radius 2 is 1.95 bits per heavy atom. The van der Waals surface area contributed by atoms with Crippen molar-refractivity contribution in [1.29, 1.82) is 0 Å². The first-order valence-electron chi connectivity index (χ1n) is 6.54. The molecule has 0 radical (unpaired) electrons. The molecule has 1 fully saturated rings. The highest BCUT2D eigenvalue weighted by molar-refractivity contribution is 9.10. The fourth-order valence-corrected chi connectivity index (χ4v) is 2.66. The lowest BCUT2D eigenvalue weighted by Crippen LogP contribution is -2.50. The number of rotatable bonds is 3. The molecule has 1 heterocycles. The van der Waals surface area contributed by atoms with E-state index < -0.39 is 0 Å². The Balaban J connectivity index is 1.93. The maximum absolute atomic E-state index is 12.4. The van der Waals surface area contributed by atoms with E-state index in [0.29, 0.717) is 41.2 Å². The summed E-state index contributed by atoms with van der Waals surface area (Å²) in [4.78, 5) is 27.4. The first kappa shape index (κ1) is 16.3. The van der Waals surface area contributed by atoms with Gasteiger partial charge in [0.25, 0.3) is 5.91 Å². The molecule has 0 saturated carbocycles. The summed E-state index contributed by atoms with van der Waals surface area (Å²) in [5, 5.41) is 0.578. The number of ether oxygens (including phenoxy) is 1. The van der Waals surface area contributed by atoms with Crippen molar-refractivity contribution < 1.29 is 14.3 Å². The van der Waals surface area contributed by atoms with Crippen LogP contribution in [0.15, 0.2) is 22.7 Å². The highest BCUT2D eigenvalue weighted by Crippen LogP contribution is 2.24. The van der Waals surface area contributed by atoms with Gasteiger partial charge in [0.15, 0.2) is 0 Å². The van der Waals surface area contributed by atoms with Gasteiger partial charge in [-0.05, 0) is 34.1 Å². The van der Waals surface area contributed by atoms with E-state index in [9.17, 15) is 9.59 Å². The van der Waals surface area contributed by atoms with Gasteiger partial charge in [0.1, 0.15) is 0 Å². The monoisotopic (exact) mass is 374 g/mol. The van der Waals surface area contributed by atoms with E-state index in [4.69, 9.17) is 11.6 Å². The Hall–Kier alpha value is -1.11. The van der Waals surface area contributed by atoms with E-state index in [0.717, 1.165) is 0 Å². The van der Waals surface area contributed by atoms with Gasteiger partial charge in [0.2, 0.25) is 0 Å². The Morgan fingerprint density at radius 1 is 1.29 bits per heavy atom. The van der Waals surface area contributed by atoms with Crippen LogP contribution in [-0.4, -0.2) is 61.5 Å². The summed E-state index contributed by atoms with van der Waals surface area (Å²) in [6.07, 6.45) is 0. The molecule has 1 amide bonds. The number of hydrogen-bond donors (Lipinski definition) is 0. The standard InChI is InChI=1S/C14H16BrClN2O3/c1-21-13(19)9-17-4-6-18(7-5-17)14(20)10-2-3-12(16)11(15)8-10/h2-3,8H,4-7,9H2,1H3. The fourth-order valence-electron chi connectivity index (χ4n) is 2.17. The fraction of sp³-hybridized carbons (Fsp3) is 0.429. The third-order valence-corrected chi connectivity index (χ3v) is 4.62. The van der Waals surface area contributed by atoms with Gasteiger partial charge in [0, 0.05) is 36.2 Å². The van der Waals surface area contributed by atoms with Crippen molar-refractivity contribution in [2.75, 3.05) is 39.8 Å². The Kier molecular flexibility index (Phi) is 5.61. The summed E-state index contributed by atoms with van der Waals surface area (Å²) in [5.41, 5.74) is 0.604. The van der Waals surface area contributed by atoms with Gasteiger partial charge in [-0.15, -0.1) is 0 Å². The van der Waals surface area contributed by atoms with Crippen LogP contribution in [0.25, 0.3) is 0 Å². The molecule has 2 rings (SSSR count). The molecule has 1 aliphatic heterocycles. The van der Waals surface area contributed by atoms with Crippen molar-refractivity contribution in [3.63, 3.8) is 0 Å². The number of esters is 1. The molecule has 5 nitrogen and oxygen atoms in total. The van der Waals surface area contributed by atoms with Gasteiger partial charge in [0.05, 0.1) is 18.7 Å². The summed E-state index contributed by atoms with van der Waals surface area (Å²) in [6.45, 7) is 2.78. The minimum absolute atomic E-state index is 0.0231. The zero-order chi connectivity index (χ0) is 15.4. The second kappa shape index (κ2) is 7.24. The molecular formula is C14H16BrClN2O3. The lowest BCUT2D eigenvalue weighted by Gasteiger charge is -2.34. The van der Waals surface area contributed by atoms with Crippen molar-refractivity contribution in [1.82, 2.24) is 9.80 Å². The number of hydrogen-bond acceptors (Lipinski definition) is 4. The molecule has 0 N–H and O–H groups in total. The van der Waals surface area contributed by atoms with Gasteiger partial charge >= 0.3 is 5.97 Å². The molecule has 1 aliphatic rings. The minimum atomic E-state index is -0.253. The van der Waals surface area contributed by atoms with Crippen molar-refractivity contribution in [2.45, 2.75) is 0 Å². The maximum Gasteiger partial charge on any atom is 0.319 e. The summed E-state index contributed by atoms with van der Waals surface area (Å²) >= 11 is 9.25. The third kappa shape index (κ3) is 4.18. The number of carbonyl (C=O) groups is 2. The zero-order valence-electron chi connectivity index (χ0n) is 11.6. The van der Waals surface area contributed by atoms with Crippen LogP contribution in [0.5, 0.6) is 0 Å². The lowest BCUT2D eigenvalue weighted by atomic mass is 10.2. The molecule has 1 aromatic rings. The summed E-state index contributed by atoms with van der Waals surface area (Å²) in [7, 11) is 1.38. The number of halogens is 2. The van der Waals surface area contributed by atoms with Crippen LogP contribution in [0, 0.1) is 0 Å². The van der Waals surface area contributed by atoms with Gasteiger partial charge in [-0.2, -0.15) is 0 Å². The highest BCUT2D eigenvalue weighted by Gasteiger charge is 2.23. The Labute approximate surface area is 136 Å². The minimum Gasteiger partial charge on any atom is -0.468 e. The van der Waals surface area contributed by atoms with E-state index in [2.05, 4.69) is 20.7 Å². The molecule has 7 heteroatoms. The average molecular weight is 376 g/mol. The number of amides is 1. The van der Waals surface area contributed by atoms with E-state index in [-0.39, 0.29) is 18.4 Å². The van der Waals surface area contributed by atoms with Crippen molar-refractivity contribution in [3.05, 3.63) is 33.3 Å². The third-order valence-electron chi connectivity index (χ3n) is 3.41. The van der Waals surface area contributed by atoms with Crippen LogP contribution in [0.1, 0.15) is 10.4 Å². The van der Waals surface area contributed by atoms with Crippen molar-refractivity contribution in [3.8, 4) is 0 Å². The van der Waals surface area contributed by atoms with Crippen LogP contribution < -0.4 is 0 Å². The SMILES string of the molecule is COC(=O)CN1CCN(C(=O)c2ccc(Cl)c(Br)c2)CC1. The van der Waals surface area contributed by atoms with Crippen LogP contribution in [0.2, 0.25) is 5.02 Å². The van der Waals surface area contributed by atoms with Gasteiger partial charge < -0.3 is 9.64 Å².